The summed E-state index contributed by atoms with van der Waals surface area (Å²) in [6.45, 7) is 3.70. The van der Waals surface area contributed by atoms with E-state index in [2.05, 4.69) is 24.0 Å². The molecule has 2 aliphatic rings. The van der Waals surface area contributed by atoms with Gasteiger partial charge < -0.3 is 5.32 Å². The Labute approximate surface area is 92.4 Å². The van der Waals surface area contributed by atoms with E-state index in [1.807, 2.05) is 0 Å². The van der Waals surface area contributed by atoms with Crippen LogP contribution in [0.2, 0.25) is 0 Å². The van der Waals surface area contributed by atoms with E-state index in [9.17, 15) is 0 Å². The summed E-state index contributed by atoms with van der Waals surface area (Å²) in [7, 11) is 0. The summed E-state index contributed by atoms with van der Waals surface area (Å²) in [5.74, 6) is 4.67. The van der Waals surface area contributed by atoms with Gasteiger partial charge in [-0.15, -0.1) is 0 Å². The summed E-state index contributed by atoms with van der Waals surface area (Å²) >= 11 is 2.13. The zero-order valence-electron chi connectivity index (χ0n) is 9.30. The Balaban J connectivity index is 1.67. The molecule has 1 nitrogen and oxygen atoms in total. The Hall–Kier alpha value is 0.310. The first-order valence-corrected chi connectivity index (χ1v) is 7.33. The monoisotopic (exact) mass is 213 g/mol. The van der Waals surface area contributed by atoms with Crippen LogP contribution in [0, 0.1) is 11.8 Å². The average Bonchev–Trinajstić information content (AvgIpc) is 2.69. The van der Waals surface area contributed by atoms with Gasteiger partial charge in [-0.05, 0) is 49.1 Å². The summed E-state index contributed by atoms with van der Waals surface area (Å²) in [5.41, 5.74) is 0. The van der Waals surface area contributed by atoms with Gasteiger partial charge in [-0.2, -0.15) is 11.8 Å². The molecule has 0 aromatic rings. The van der Waals surface area contributed by atoms with Crippen molar-refractivity contribution >= 4 is 11.8 Å². The third-order valence-corrected chi connectivity index (χ3v) is 5.04. The van der Waals surface area contributed by atoms with Crippen molar-refractivity contribution in [1.29, 1.82) is 0 Å². The molecule has 3 unspecified atom stereocenters. The van der Waals surface area contributed by atoms with Gasteiger partial charge in [0.25, 0.3) is 0 Å². The van der Waals surface area contributed by atoms with Gasteiger partial charge in [0.1, 0.15) is 0 Å². The van der Waals surface area contributed by atoms with Crippen LogP contribution in [0.15, 0.2) is 0 Å². The second-order valence-electron chi connectivity index (χ2n) is 5.01. The highest BCUT2D eigenvalue weighted by atomic mass is 32.2. The number of nitrogens with one attached hydrogen (secondary N) is 1. The zero-order chi connectivity index (χ0) is 9.80. The molecule has 0 amide bonds. The maximum absolute atomic E-state index is 3.80. The standard InChI is InChI=1S/C12H23NS/c1-10-4-2-3-5-12(10)13-8-11-6-7-14-9-11/h10-13H,2-9H2,1H3. The van der Waals surface area contributed by atoms with Crippen LogP contribution in [0.4, 0.5) is 0 Å². The van der Waals surface area contributed by atoms with Gasteiger partial charge >= 0.3 is 0 Å². The largest absolute Gasteiger partial charge is 0.313 e. The second kappa shape index (κ2) is 5.41. The minimum Gasteiger partial charge on any atom is -0.313 e. The van der Waals surface area contributed by atoms with Gasteiger partial charge in [-0.3, -0.25) is 0 Å². The number of thioether (sulfide) groups is 1. The van der Waals surface area contributed by atoms with Crippen LogP contribution >= 0.6 is 11.8 Å². The lowest BCUT2D eigenvalue weighted by atomic mass is 9.85. The molecule has 1 aliphatic heterocycles. The summed E-state index contributed by atoms with van der Waals surface area (Å²) in [4.78, 5) is 0. The fourth-order valence-corrected chi connectivity index (χ4v) is 3.97. The van der Waals surface area contributed by atoms with Crippen LogP contribution in [0.1, 0.15) is 39.0 Å². The first-order valence-electron chi connectivity index (χ1n) is 6.17. The van der Waals surface area contributed by atoms with Crippen molar-refractivity contribution in [3.63, 3.8) is 0 Å². The van der Waals surface area contributed by atoms with Crippen LogP contribution < -0.4 is 5.32 Å². The smallest absolute Gasteiger partial charge is 0.00928 e. The highest BCUT2D eigenvalue weighted by Gasteiger charge is 2.22. The van der Waals surface area contributed by atoms with Crippen molar-refractivity contribution in [3.05, 3.63) is 0 Å². The molecule has 1 heterocycles. The van der Waals surface area contributed by atoms with Gasteiger partial charge in [0, 0.05) is 6.04 Å². The minimum absolute atomic E-state index is 0.828. The maximum Gasteiger partial charge on any atom is 0.00928 e. The van der Waals surface area contributed by atoms with E-state index >= 15 is 0 Å². The van der Waals surface area contributed by atoms with Crippen molar-refractivity contribution in [3.8, 4) is 0 Å². The molecule has 2 fully saturated rings. The Kier molecular flexibility index (Phi) is 4.18. The Morgan fingerprint density at radius 2 is 2.07 bits per heavy atom. The van der Waals surface area contributed by atoms with E-state index in [-0.39, 0.29) is 0 Å². The summed E-state index contributed by atoms with van der Waals surface area (Å²) < 4.78 is 0. The normalized spacial score (nSPS) is 38.8. The second-order valence-corrected chi connectivity index (χ2v) is 6.16. The third-order valence-electron chi connectivity index (χ3n) is 3.80. The van der Waals surface area contributed by atoms with Crippen LogP contribution in [0.3, 0.4) is 0 Å². The van der Waals surface area contributed by atoms with Crippen LogP contribution in [-0.2, 0) is 0 Å². The van der Waals surface area contributed by atoms with Gasteiger partial charge in [0.05, 0.1) is 0 Å². The van der Waals surface area contributed by atoms with E-state index in [4.69, 9.17) is 0 Å². The van der Waals surface area contributed by atoms with E-state index in [1.54, 1.807) is 0 Å². The molecule has 1 N–H and O–H groups in total. The molecular formula is C12H23NS. The molecule has 2 heteroatoms. The molecule has 2 rings (SSSR count). The van der Waals surface area contributed by atoms with E-state index in [0.717, 1.165) is 17.9 Å². The fourth-order valence-electron chi connectivity index (χ4n) is 2.68. The average molecular weight is 213 g/mol. The van der Waals surface area contributed by atoms with Gasteiger partial charge in [-0.1, -0.05) is 19.8 Å². The van der Waals surface area contributed by atoms with E-state index in [1.165, 1.54) is 50.2 Å². The van der Waals surface area contributed by atoms with Gasteiger partial charge in [0.15, 0.2) is 0 Å². The first kappa shape index (κ1) is 10.8. The predicted molar refractivity (Wildman–Crippen MR) is 64.9 cm³/mol. The van der Waals surface area contributed by atoms with Crippen molar-refractivity contribution in [2.24, 2.45) is 11.8 Å². The Morgan fingerprint density at radius 1 is 1.21 bits per heavy atom. The topological polar surface area (TPSA) is 12.0 Å². The minimum atomic E-state index is 0.828. The van der Waals surface area contributed by atoms with Crippen LogP contribution in [0.25, 0.3) is 0 Å². The summed E-state index contributed by atoms with van der Waals surface area (Å²) in [5, 5.41) is 3.80. The fraction of sp³-hybridized carbons (Fsp3) is 1.00. The van der Waals surface area contributed by atoms with E-state index in [0.29, 0.717) is 0 Å². The van der Waals surface area contributed by atoms with Crippen LogP contribution in [0.5, 0.6) is 0 Å². The molecule has 0 spiro atoms. The molecule has 0 bridgehead atoms. The van der Waals surface area contributed by atoms with Crippen molar-refractivity contribution < 1.29 is 0 Å². The Morgan fingerprint density at radius 3 is 2.79 bits per heavy atom. The van der Waals surface area contributed by atoms with Crippen LogP contribution in [-0.4, -0.2) is 24.1 Å². The molecule has 1 saturated carbocycles. The van der Waals surface area contributed by atoms with Gasteiger partial charge in [0.2, 0.25) is 0 Å². The summed E-state index contributed by atoms with van der Waals surface area (Å²) in [6.07, 6.45) is 7.21. The zero-order valence-corrected chi connectivity index (χ0v) is 10.1. The lowest BCUT2D eigenvalue weighted by Crippen LogP contribution is -2.39. The lowest BCUT2D eigenvalue weighted by molar-refractivity contribution is 0.271. The van der Waals surface area contributed by atoms with Crippen molar-refractivity contribution in [2.45, 2.75) is 45.1 Å². The SMILES string of the molecule is CC1CCCCC1NCC1CCSC1. The van der Waals surface area contributed by atoms with Crippen molar-refractivity contribution in [2.75, 3.05) is 18.1 Å². The number of rotatable bonds is 3. The van der Waals surface area contributed by atoms with Gasteiger partial charge in [-0.25, -0.2) is 0 Å². The summed E-state index contributed by atoms with van der Waals surface area (Å²) in [6, 6.07) is 0.828. The first-order chi connectivity index (χ1) is 6.86. The lowest BCUT2D eigenvalue weighted by Gasteiger charge is -2.30. The molecule has 82 valence electrons. The van der Waals surface area contributed by atoms with Crippen molar-refractivity contribution in [1.82, 2.24) is 5.32 Å². The molecule has 0 aromatic heterocycles. The quantitative estimate of drug-likeness (QED) is 0.773. The molecule has 3 atom stereocenters. The number of hydrogen-bond acceptors (Lipinski definition) is 2. The maximum atomic E-state index is 3.80. The van der Waals surface area contributed by atoms with E-state index < -0.39 is 0 Å². The molecule has 0 aromatic carbocycles. The Bertz CT molecular complexity index is 166. The predicted octanol–water partition coefficient (Wildman–Crippen LogP) is 2.91. The highest BCUT2D eigenvalue weighted by molar-refractivity contribution is 7.99. The molecule has 1 aliphatic carbocycles. The molecule has 0 radical (unpaired) electrons. The molecular weight excluding hydrogens is 190 g/mol. The third kappa shape index (κ3) is 2.90. The highest BCUT2D eigenvalue weighted by Crippen LogP contribution is 2.26. The number of hydrogen-bond donors (Lipinski definition) is 1. The molecule has 1 saturated heterocycles. The molecule has 14 heavy (non-hydrogen) atoms.